The van der Waals surface area contributed by atoms with Gasteiger partial charge >= 0.3 is 12.0 Å². The van der Waals surface area contributed by atoms with Gasteiger partial charge in [0.2, 0.25) is 0 Å². The fourth-order valence-electron chi connectivity index (χ4n) is 2.19. The lowest BCUT2D eigenvalue weighted by Crippen LogP contribution is -2.56. The molecule has 0 aromatic rings. The molecule has 0 saturated carbocycles. The van der Waals surface area contributed by atoms with E-state index in [2.05, 4.69) is 5.32 Å². The predicted molar refractivity (Wildman–Crippen MR) is 71.1 cm³/mol. The lowest BCUT2D eigenvalue weighted by atomic mass is 9.98. The Kier molecular flexibility index (Phi) is 5.17. The quantitative estimate of drug-likeness (QED) is 0.812. The molecular formula is C13H24N2O4. The average molecular weight is 272 g/mol. The van der Waals surface area contributed by atoms with Crippen LogP contribution in [-0.4, -0.2) is 52.8 Å². The molecule has 110 valence electrons. The highest BCUT2D eigenvalue weighted by Crippen LogP contribution is 2.15. The maximum atomic E-state index is 12.2. The first-order valence-corrected chi connectivity index (χ1v) is 6.64. The monoisotopic (exact) mass is 272 g/mol. The van der Waals surface area contributed by atoms with Crippen LogP contribution in [0.25, 0.3) is 0 Å². The number of nitrogens with zero attached hydrogens (tertiary/aromatic N) is 1. The van der Waals surface area contributed by atoms with Crippen molar-refractivity contribution in [3.05, 3.63) is 0 Å². The van der Waals surface area contributed by atoms with Gasteiger partial charge in [-0.15, -0.1) is 0 Å². The third kappa shape index (κ3) is 5.46. The zero-order chi connectivity index (χ0) is 14.6. The van der Waals surface area contributed by atoms with Gasteiger partial charge in [-0.2, -0.15) is 0 Å². The number of morpholine rings is 1. The van der Waals surface area contributed by atoms with Gasteiger partial charge in [0.05, 0.1) is 12.2 Å². The predicted octanol–water partition coefficient (Wildman–Crippen LogP) is 1.45. The highest BCUT2D eigenvalue weighted by atomic mass is 16.5. The second kappa shape index (κ2) is 6.23. The van der Waals surface area contributed by atoms with Crippen LogP contribution in [0.5, 0.6) is 0 Å². The van der Waals surface area contributed by atoms with Crippen LogP contribution in [0.4, 0.5) is 4.79 Å². The van der Waals surface area contributed by atoms with Gasteiger partial charge in [0.25, 0.3) is 0 Å². The summed E-state index contributed by atoms with van der Waals surface area (Å²) in [6.07, 6.45) is 0.500. The summed E-state index contributed by atoms with van der Waals surface area (Å²) >= 11 is 0. The Bertz CT molecular complexity index is 334. The molecule has 0 radical (unpaired) electrons. The summed E-state index contributed by atoms with van der Waals surface area (Å²) in [6.45, 7) is 8.66. The third-order valence-electron chi connectivity index (χ3n) is 3.12. The van der Waals surface area contributed by atoms with E-state index in [0.29, 0.717) is 19.5 Å². The lowest BCUT2D eigenvalue weighted by molar-refractivity contribution is -0.137. The van der Waals surface area contributed by atoms with Gasteiger partial charge < -0.3 is 20.1 Å². The molecule has 0 unspecified atom stereocenters. The summed E-state index contributed by atoms with van der Waals surface area (Å²) in [5, 5.41) is 11.6. The van der Waals surface area contributed by atoms with E-state index in [1.54, 1.807) is 4.90 Å². The molecule has 2 N–H and O–H groups in total. The van der Waals surface area contributed by atoms with E-state index in [1.807, 2.05) is 27.7 Å². The molecule has 0 spiro atoms. The van der Waals surface area contributed by atoms with Crippen LogP contribution in [0.1, 0.15) is 40.5 Å². The summed E-state index contributed by atoms with van der Waals surface area (Å²) < 4.78 is 5.58. The van der Waals surface area contributed by atoms with Crippen molar-refractivity contribution in [2.45, 2.75) is 58.3 Å². The van der Waals surface area contributed by atoms with Crippen molar-refractivity contribution in [2.75, 3.05) is 13.1 Å². The van der Waals surface area contributed by atoms with Crippen molar-refractivity contribution in [3.8, 4) is 0 Å². The number of rotatable bonds is 4. The van der Waals surface area contributed by atoms with Crippen molar-refractivity contribution in [1.29, 1.82) is 0 Å². The first-order chi connectivity index (χ1) is 8.69. The van der Waals surface area contributed by atoms with Crippen LogP contribution < -0.4 is 5.32 Å². The van der Waals surface area contributed by atoms with Crippen molar-refractivity contribution < 1.29 is 19.4 Å². The number of hydrogen-bond donors (Lipinski definition) is 2. The van der Waals surface area contributed by atoms with E-state index >= 15 is 0 Å². The Balaban J connectivity index is 2.51. The number of amides is 2. The van der Waals surface area contributed by atoms with Crippen molar-refractivity contribution in [2.24, 2.45) is 0 Å². The maximum absolute atomic E-state index is 12.2. The highest BCUT2D eigenvalue weighted by molar-refractivity contribution is 5.75. The molecule has 6 nitrogen and oxygen atoms in total. The first kappa shape index (κ1) is 15.8. The molecule has 0 aromatic heterocycles. The van der Waals surface area contributed by atoms with Crippen molar-refractivity contribution >= 4 is 12.0 Å². The van der Waals surface area contributed by atoms with E-state index in [1.165, 1.54) is 0 Å². The second-order valence-corrected chi connectivity index (χ2v) is 5.87. The number of ether oxygens (including phenoxy) is 1. The molecule has 19 heavy (non-hydrogen) atoms. The summed E-state index contributed by atoms with van der Waals surface area (Å²) in [5.41, 5.74) is -0.528. The number of aliphatic carboxylic acids is 1. The number of carbonyl (C=O) groups is 2. The van der Waals surface area contributed by atoms with Crippen LogP contribution >= 0.6 is 0 Å². The molecule has 1 rings (SSSR count). The largest absolute Gasteiger partial charge is 0.481 e. The Morgan fingerprint density at radius 2 is 1.84 bits per heavy atom. The van der Waals surface area contributed by atoms with Gasteiger partial charge in [-0.05, 0) is 34.1 Å². The Labute approximate surface area is 114 Å². The van der Waals surface area contributed by atoms with Gasteiger partial charge in [-0.3, -0.25) is 4.79 Å². The number of hydrogen-bond acceptors (Lipinski definition) is 3. The average Bonchev–Trinajstić information content (AvgIpc) is 2.24. The summed E-state index contributed by atoms with van der Waals surface area (Å²) in [7, 11) is 0. The summed E-state index contributed by atoms with van der Waals surface area (Å²) in [4.78, 5) is 24.5. The normalized spacial score (nSPS) is 24.1. The molecule has 0 aliphatic carbocycles. The minimum absolute atomic E-state index is 0.0247. The van der Waals surface area contributed by atoms with Gasteiger partial charge in [0, 0.05) is 25.0 Å². The van der Waals surface area contributed by atoms with Crippen LogP contribution in [0.2, 0.25) is 0 Å². The zero-order valence-electron chi connectivity index (χ0n) is 12.1. The SMILES string of the molecule is C[C@@H]1CN(C(=O)NC(C)(C)CCC(=O)O)C[C@H](C)O1. The van der Waals surface area contributed by atoms with Crippen LogP contribution in [-0.2, 0) is 9.53 Å². The van der Waals surface area contributed by atoms with Gasteiger partial charge in [0.1, 0.15) is 0 Å². The topological polar surface area (TPSA) is 78.9 Å². The molecule has 1 heterocycles. The second-order valence-electron chi connectivity index (χ2n) is 5.87. The molecule has 2 atom stereocenters. The van der Waals surface area contributed by atoms with Gasteiger partial charge in [-0.1, -0.05) is 0 Å². The Morgan fingerprint density at radius 3 is 2.32 bits per heavy atom. The third-order valence-corrected chi connectivity index (χ3v) is 3.12. The lowest BCUT2D eigenvalue weighted by Gasteiger charge is -2.37. The molecule has 6 heteroatoms. The Morgan fingerprint density at radius 1 is 1.32 bits per heavy atom. The van der Waals surface area contributed by atoms with Gasteiger partial charge in [0.15, 0.2) is 0 Å². The van der Waals surface area contributed by atoms with Crippen molar-refractivity contribution in [1.82, 2.24) is 10.2 Å². The maximum Gasteiger partial charge on any atom is 0.317 e. The molecule has 1 aliphatic heterocycles. The van der Waals surface area contributed by atoms with Crippen LogP contribution in [0, 0.1) is 0 Å². The van der Waals surface area contributed by atoms with Crippen LogP contribution in [0.15, 0.2) is 0 Å². The number of carboxylic acid groups (broad SMARTS) is 1. The molecular weight excluding hydrogens is 248 g/mol. The van der Waals surface area contributed by atoms with E-state index in [9.17, 15) is 9.59 Å². The minimum atomic E-state index is -0.851. The summed E-state index contributed by atoms with van der Waals surface area (Å²) in [6, 6.07) is -0.155. The molecule has 0 bridgehead atoms. The zero-order valence-corrected chi connectivity index (χ0v) is 12.1. The molecule has 1 fully saturated rings. The number of urea groups is 1. The number of carbonyl (C=O) groups excluding carboxylic acids is 1. The number of carboxylic acids is 1. The van der Waals surface area contributed by atoms with E-state index in [4.69, 9.17) is 9.84 Å². The molecule has 1 saturated heterocycles. The standard InChI is InChI=1S/C13H24N2O4/c1-9-7-15(8-10(2)19-9)12(18)14-13(3,4)6-5-11(16)17/h9-10H,5-8H2,1-4H3,(H,14,18)(H,16,17)/t9-,10+. The fraction of sp³-hybridized carbons (Fsp3) is 0.846. The van der Waals surface area contributed by atoms with Gasteiger partial charge in [-0.25, -0.2) is 4.79 Å². The minimum Gasteiger partial charge on any atom is -0.481 e. The molecule has 1 aliphatic rings. The molecule has 2 amide bonds. The highest BCUT2D eigenvalue weighted by Gasteiger charge is 2.29. The fourth-order valence-corrected chi connectivity index (χ4v) is 2.19. The smallest absolute Gasteiger partial charge is 0.317 e. The Hall–Kier alpha value is -1.30. The number of nitrogens with one attached hydrogen (secondary N) is 1. The van der Waals surface area contributed by atoms with E-state index in [0.717, 1.165) is 0 Å². The van der Waals surface area contributed by atoms with Crippen molar-refractivity contribution in [3.63, 3.8) is 0 Å². The van der Waals surface area contributed by atoms with E-state index in [-0.39, 0.29) is 24.7 Å². The van der Waals surface area contributed by atoms with Crippen LogP contribution in [0.3, 0.4) is 0 Å². The summed E-state index contributed by atoms with van der Waals surface area (Å²) in [5.74, 6) is -0.851. The molecule has 0 aromatic carbocycles. The first-order valence-electron chi connectivity index (χ1n) is 6.64. The van der Waals surface area contributed by atoms with E-state index < -0.39 is 11.5 Å².